The number of aliphatic hydroxyl groups is 1. The number of nitrogens with zero attached hydrogens (tertiary/aromatic N) is 5. The number of hydrogen-bond acceptors (Lipinski definition) is 5. The molecule has 2 saturated heterocycles. The average Bonchev–Trinajstić information content (AvgIpc) is 3.14. The van der Waals surface area contributed by atoms with Gasteiger partial charge in [0.05, 0.1) is 6.61 Å². The minimum Gasteiger partial charge on any atom is -0.396 e. The highest BCUT2D eigenvalue weighted by atomic mass is 16.3. The third-order valence-electron chi connectivity index (χ3n) is 5.83. The lowest BCUT2D eigenvalue weighted by molar-refractivity contribution is -0.147. The zero-order chi connectivity index (χ0) is 17.7. The molecular weight excluding hydrogens is 318 g/mol. The molecule has 0 radical (unpaired) electrons. The predicted molar refractivity (Wildman–Crippen MR) is 94.9 cm³/mol. The molecule has 0 spiro atoms. The molecule has 1 aromatic heterocycles. The van der Waals surface area contributed by atoms with Crippen molar-refractivity contribution < 1.29 is 9.90 Å². The zero-order valence-corrected chi connectivity index (χ0v) is 15.3. The van der Waals surface area contributed by atoms with E-state index in [9.17, 15) is 9.90 Å². The van der Waals surface area contributed by atoms with Gasteiger partial charge in [-0.25, -0.2) is 4.98 Å². The first-order valence-corrected chi connectivity index (χ1v) is 9.63. The van der Waals surface area contributed by atoms with Crippen molar-refractivity contribution in [2.45, 2.75) is 58.0 Å². The Balaban J connectivity index is 1.60. The van der Waals surface area contributed by atoms with Gasteiger partial charge in [-0.2, -0.15) is 5.10 Å². The summed E-state index contributed by atoms with van der Waals surface area (Å²) in [5.74, 6) is 0.228. The van der Waals surface area contributed by atoms with E-state index in [0.717, 1.165) is 64.8 Å². The largest absolute Gasteiger partial charge is 0.396 e. The van der Waals surface area contributed by atoms with Gasteiger partial charge in [-0.05, 0) is 38.6 Å². The van der Waals surface area contributed by atoms with Crippen molar-refractivity contribution in [3.8, 4) is 0 Å². The van der Waals surface area contributed by atoms with Gasteiger partial charge in [-0.15, -0.1) is 0 Å². The van der Waals surface area contributed by atoms with Crippen LogP contribution in [0.15, 0.2) is 12.7 Å². The van der Waals surface area contributed by atoms with Gasteiger partial charge in [0.1, 0.15) is 12.7 Å². The molecule has 0 aliphatic carbocycles. The molecule has 1 N–H and O–H groups in total. The van der Waals surface area contributed by atoms with Gasteiger partial charge in [-0.1, -0.05) is 6.92 Å². The number of amides is 1. The van der Waals surface area contributed by atoms with Crippen LogP contribution >= 0.6 is 0 Å². The van der Waals surface area contributed by atoms with Crippen LogP contribution < -0.4 is 0 Å². The van der Waals surface area contributed by atoms with E-state index in [0.29, 0.717) is 6.42 Å². The van der Waals surface area contributed by atoms with Crippen molar-refractivity contribution in [1.29, 1.82) is 0 Å². The van der Waals surface area contributed by atoms with Crippen LogP contribution in [0.25, 0.3) is 0 Å². The van der Waals surface area contributed by atoms with E-state index in [2.05, 4.69) is 26.8 Å². The highest BCUT2D eigenvalue weighted by Crippen LogP contribution is 2.41. The molecule has 2 aliphatic heterocycles. The highest BCUT2D eigenvalue weighted by Gasteiger charge is 2.48. The fourth-order valence-electron chi connectivity index (χ4n) is 4.65. The third-order valence-corrected chi connectivity index (χ3v) is 5.83. The zero-order valence-electron chi connectivity index (χ0n) is 15.3. The lowest BCUT2D eigenvalue weighted by atomic mass is 9.69. The summed E-state index contributed by atoms with van der Waals surface area (Å²) in [6, 6.07) is 0.193. The lowest BCUT2D eigenvalue weighted by Crippen LogP contribution is -2.63. The second kappa shape index (κ2) is 8.27. The maximum absolute atomic E-state index is 12.8. The van der Waals surface area contributed by atoms with Gasteiger partial charge < -0.3 is 14.9 Å². The number of aliphatic hydroxyl groups excluding tert-OH is 1. The number of likely N-dealkylation sites (tertiary alicyclic amines) is 2. The summed E-state index contributed by atoms with van der Waals surface area (Å²) in [5.41, 5.74) is -0.132. The quantitative estimate of drug-likeness (QED) is 0.799. The number of hydrogen-bond donors (Lipinski definition) is 1. The molecule has 3 heterocycles. The summed E-state index contributed by atoms with van der Waals surface area (Å²) in [5, 5.41) is 14.3. The summed E-state index contributed by atoms with van der Waals surface area (Å²) in [6.07, 6.45) is 8.66. The summed E-state index contributed by atoms with van der Waals surface area (Å²) in [4.78, 5) is 21.3. The normalized spacial score (nSPS) is 27.3. The molecule has 0 bridgehead atoms. The first-order chi connectivity index (χ1) is 12.2. The Morgan fingerprint density at radius 3 is 2.96 bits per heavy atom. The van der Waals surface area contributed by atoms with Crippen molar-refractivity contribution in [2.75, 3.05) is 32.8 Å². The second-order valence-electron chi connectivity index (χ2n) is 7.55. The van der Waals surface area contributed by atoms with E-state index in [-0.39, 0.29) is 24.0 Å². The van der Waals surface area contributed by atoms with E-state index in [4.69, 9.17) is 0 Å². The van der Waals surface area contributed by atoms with E-state index < -0.39 is 0 Å². The van der Waals surface area contributed by atoms with Gasteiger partial charge in [0.15, 0.2) is 0 Å². The van der Waals surface area contributed by atoms with Crippen LogP contribution in [0.1, 0.15) is 45.4 Å². The molecule has 0 saturated carbocycles. The lowest BCUT2D eigenvalue weighted by Gasteiger charge is -2.54. The fraction of sp³-hybridized carbons (Fsp3) is 0.833. The average molecular weight is 349 g/mol. The van der Waals surface area contributed by atoms with E-state index >= 15 is 0 Å². The number of aromatic nitrogens is 3. The Kier molecular flexibility index (Phi) is 6.06. The van der Waals surface area contributed by atoms with Crippen LogP contribution in [-0.2, 0) is 11.3 Å². The second-order valence-corrected chi connectivity index (χ2v) is 7.55. The topological polar surface area (TPSA) is 74.5 Å². The van der Waals surface area contributed by atoms with Gasteiger partial charge in [0.25, 0.3) is 0 Å². The molecular formula is C18H31N5O2. The molecule has 0 aromatic carbocycles. The maximum atomic E-state index is 12.8. The maximum Gasteiger partial charge on any atom is 0.222 e. The van der Waals surface area contributed by atoms with Crippen molar-refractivity contribution >= 4 is 5.91 Å². The van der Waals surface area contributed by atoms with Gasteiger partial charge in [-0.3, -0.25) is 9.48 Å². The Hall–Kier alpha value is -1.47. The van der Waals surface area contributed by atoms with Gasteiger partial charge >= 0.3 is 0 Å². The molecule has 1 amide bonds. The molecule has 25 heavy (non-hydrogen) atoms. The van der Waals surface area contributed by atoms with Crippen molar-refractivity contribution in [3.05, 3.63) is 12.7 Å². The molecule has 3 rings (SSSR count). The molecule has 2 atom stereocenters. The van der Waals surface area contributed by atoms with Crippen LogP contribution in [0.3, 0.4) is 0 Å². The minimum absolute atomic E-state index is 0.132. The first-order valence-electron chi connectivity index (χ1n) is 9.63. The Labute approximate surface area is 150 Å². The van der Waals surface area contributed by atoms with Crippen molar-refractivity contribution in [1.82, 2.24) is 24.6 Å². The number of carbonyl (C=O) groups is 1. The van der Waals surface area contributed by atoms with Gasteiger partial charge in [0, 0.05) is 44.1 Å². The predicted octanol–water partition coefficient (Wildman–Crippen LogP) is 1.14. The Morgan fingerprint density at radius 2 is 2.24 bits per heavy atom. The smallest absolute Gasteiger partial charge is 0.222 e. The van der Waals surface area contributed by atoms with Crippen LogP contribution in [0, 0.1) is 5.41 Å². The molecule has 7 nitrogen and oxygen atoms in total. The number of aryl methyl sites for hydroxylation is 1. The summed E-state index contributed by atoms with van der Waals surface area (Å²) >= 11 is 0. The molecule has 140 valence electrons. The molecule has 7 heteroatoms. The number of carbonyl (C=O) groups excluding carboxylic acids is 1. The summed E-state index contributed by atoms with van der Waals surface area (Å²) in [6.45, 7) is 6.97. The minimum atomic E-state index is -0.132. The monoisotopic (exact) mass is 349 g/mol. The van der Waals surface area contributed by atoms with E-state index in [1.807, 2.05) is 0 Å². The number of rotatable bonds is 7. The van der Waals surface area contributed by atoms with E-state index in [1.165, 1.54) is 6.33 Å². The standard InChI is InChI=1S/C18H31N5O2/c1-2-8-21-11-6-16-18(12-21,13-24)7-4-10-23(16)17(25)5-3-9-22-15-19-14-20-22/h14-16,24H,2-13H2,1H3/t16-,18-/m1/s1. The van der Waals surface area contributed by atoms with Crippen LogP contribution in [-0.4, -0.2) is 74.4 Å². The number of piperidine rings is 2. The van der Waals surface area contributed by atoms with E-state index in [1.54, 1.807) is 11.0 Å². The summed E-state index contributed by atoms with van der Waals surface area (Å²) < 4.78 is 1.77. The first kappa shape index (κ1) is 18.3. The van der Waals surface area contributed by atoms with Crippen LogP contribution in [0.2, 0.25) is 0 Å². The third kappa shape index (κ3) is 4.03. The van der Waals surface area contributed by atoms with Crippen molar-refractivity contribution in [2.24, 2.45) is 5.41 Å². The fourth-order valence-corrected chi connectivity index (χ4v) is 4.65. The molecule has 0 unspecified atom stereocenters. The molecule has 2 aliphatic rings. The highest BCUT2D eigenvalue weighted by molar-refractivity contribution is 5.76. The Bertz CT molecular complexity index is 550. The van der Waals surface area contributed by atoms with Gasteiger partial charge in [0.2, 0.25) is 5.91 Å². The Morgan fingerprint density at radius 1 is 1.36 bits per heavy atom. The molecule has 1 aromatic rings. The summed E-state index contributed by atoms with van der Waals surface area (Å²) in [7, 11) is 0. The SMILES string of the molecule is CCCN1CC[C@H]2N(C(=O)CCCn3cncn3)CCC[C@]2(CO)C1. The van der Waals surface area contributed by atoms with Crippen LogP contribution in [0.5, 0.6) is 0 Å². The molecule has 2 fully saturated rings. The van der Waals surface area contributed by atoms with Crippen LogP contribution in [0.4, 0.5) is 0 Å². The number of fused-ring (bicyclic) bond motifs is 1. The van der Waals surface area contributed by atoms with Crippen molar-refractivity contribution in [3.63, 3.8) is 0 Å².